The van der Waals surface area contributed by atoms with Crippen molar-refractivity contribution in [3.63, 3.8) is 0 Å². The molecule has 0 spiro atoms. The maximum Gasteiger partial charge on any atom is 0.268 e. The fourth-order valence-electron chi connectivity index (χ4n) is 3.30. The molecular weight excluding hydrogens is 394 g/mol. The Morgan fingerprint density at radius 3 is 2.83 bits per heavy atom. The van der Waals surface area contributed by atoms with Crippen LogP contribution < -0.4 is 5.32 Å². The average molecular weight is 414 g/mol. The molecule has 0 radical (unpaired) electrons. The molecule has 1 aliphatic heterocycles. The third-order valence-electron chi connectivity index (χ3n) is 4.74. The first-order valence-electron chi connectivity index (χ1n) is 9.16. The Kier molecular flexibility index (Phi) is 5.91. The highest BCUT2D eigenvalue weighted by atomic mass is 19.3. The van der Waals surface area contributed by atoms with E-state index in [-0.39, 0.29) is 0 Å². The van der Waals surface area contributed by atoms with Gasteiger partial charge in [0.2, 0.25) is 5.91 Å². The predicted octanol–water partition coefficient (Wildman–Crippen LogP) is 1.87. The minimum Gasteiger partial charge on any atom is -0.343 e. The number of likely N-dealkylation sites (tertiary alicyclic amines) is 1. The Morgan fingerprint density at radius 2 is 2.17 bits per heavy atom. The molecule has 30 heavy (non-hydrogen) atoms. The number of nitrogens with one attached hydrogen (secondary N) is 1. The number of alkyl halides is 2. The van der Waals surface area contributed by atoms with E-state index in [0.29, 0.717) is 11.1 Å². The third kappa shape index (κ3) is 4.68. The highest BCUT2D eigenvalue weighted by molar-refractivity contribution is 6.01. The zero-order chi connectivity index (χ0) is 21.9. The van der Waals surface area contributed by atoms with E-state index in [0.717, 1.165) is 16.0 Å². The molecule has 1 N–H and O–H groups in total. The fraction of sp³-hybridized carbons (Fsp3) is 0.350. The molecule has 1 saturated heterocycles. The molecule has 1 atom stereocenters. The van der Waals surface area contributed by atoms with Crippen LogP contribution in [0.4, 0.5) is 8.78 Å². The first kappa shape index (κ1) is 21.1. The van der Waals surface area contributed by atoms with Crippen molar-refractivity contribution in [2.45, 2.75) is 25.3 Å². The van der Waals surface area contributed by atoms with Crippen LogP contribution in [-0.2, 0) is 11.8 Å². The van der Waals surface area contributed by atoms with Crippen molar-refractivity contribution < 1.29 is 18.4 Å². The van der Waals surface area contributed by atoms with Gasteiger partial charge in [-0.15, -0.1) is 0 Å². The molecule has 1 fully saturated rings. The first-order chi connectivity index (χ1) is 14.2. The lowest BCUT2D eigenvalue weighted by atomic mass is 10.0. The molecule has 1 unspecified atom stereocenters. The second kappa shape index (κ2) is 8.41. The molecule has 0 bridgehead atoms. The molecule has 2 aromatic rings. The molecule has 0 saturated carbocycles. The van der Waals surface area contributed by atoms with Crippen LogP contribution in [0.3, 0.4) is 0 Å². The molecule has 8 nitrogen and oxygen atoms in total. The topological polar surface area (TPSA) is 104 Å². The lowest BCUT2D eigenvalue weighted by Gasteiger charge is -2.19. The van der Waals surface area contributed by atoms with Crippen LogP contribution in [0.15, 0.2) is 30.9 Å². The number of nitrogens with zero attached hydrogens (tertiary/aromatic N) is 5. The normalized spacial score (nSPS) is 18.2. The van der Waals surface area contributed by atoms with Gasteiger partial charge in [0, 0.05) is 48.7 Å². The monoisotopic (exact) mass is 414 g/mol. The van der Waals surface area contributed by atoms with Gasteiger partial charge in [-0.2, -0.15) is 10.4 Å². The molecule has 3 heterocycles. The summed E-state index contributed by atoms with van der Waals surface area (Å²) in [6.07, 6.45) is 7.62. The lowest BCUT2D eigenvalue weighted by Crippen LogP contribution is -2.43. The summed E-state index contributed by atoms with van der Waals surface area (Å²) in [6.45, 7) is 0.503. The van der Waals surface area contributed by atoms with Gasteiger partial charge >= 0.3 is 0 Å². The number of aromatic nitrogens is 3. The summed E-state index contributed by atoms with van der Waals surface area (Å²) in [5, 5.41) is 15.6. The minimum atomic E-state index is -3.10. The number of allylic oxidation sites excluding steroid dienone is 1. The van der Waals surface area contributed by atoms with Crippen LogP contribution in [-0.4, -0.2) is 56.5 Å². The number of hydrogen-bond donors (Lipinski definition) is 1. The van der Waals surface area contributed by atoms with Crippen LogP contribution >= 0.6 is 0 Å². The quantitative estimate of drug-likeness (QED) is 0.804. The Balaban J connectivity index is 1.71. The largest absolute Gasteiger partial charge is 0.343 e. The first-order valence-corrected chi connectivity index (χ1v) is 9.16. The fourth-order valence-corrected chi connectivity index (χ4v) is 3.30. The standard InChI is InChI=1S/C20H20F2N6O2/c1-13(5-14-8-26-27(2)11-14)17-9-24-4-3-16(17)19(30)25-10-18(29)28-12-20(21,22)6-15(28)7-23/h3-5,8-9,11,15H,6,10,12H2,1-2H3,(H,25,30). The molecule has 3 rings (SSSR count). The number of amides is 2. The third-order valence-corrected chi connectivity index (χ3v) is 4.74. The Hall–Kier alpha value is -3.61. The van der Waals surface area contributed by atoms with Gasteiger partial charge in [0.05, 0.1) is 25.4 Å². The zero-order valence-electron chi connectivity index (χ0n) is 16.5. The lowest BCUT2D eigenvalue weighted by molar-refractivity contribution is -0.131. The van der Waals surface area contributed by atoms with Crippen molar-refractivity contribution in [1.82, 2.24) is 25.0 Å². The number of carbonyl (C=O) groups excluding carboxylic acids is 2. The van der Waals surface area contributed by atoms with Crippen molar-refractivity contribution in [2.24, 2.45) is 7.05 Å². The van der Waals surface area contributed by atoms with E-state index >= 15 is 0 Å². The van der Waals surface area contributed by atoms with E-state index in [2.05, 4.69) is 15.4 Å². The van der Waals surface area contributed by atoms with Gasteiger partial charge in [-0.05, 0) is 24.6 Å². The maximum absolute atomic E-state index is 13.5. The SMILES string of the molecule is CC(=Cc1cnn(C)c1)c1cnccc1C(=O)NCC(=O)N1CC(F)(F)CC1C#N. The average Bonchev–Trinajstić information content (AvgIpc) is 3.27. The highest BCUT2D eigenvalue weighted by Gasteiger charge is 2.47. The van der Waals surface area contributed by atoms with Crippen LogP contribution in [0.5, 0.6) is 0 Å². The van der Waals surface area contributed by atoms with E-state index in [1.165, 1.54) is 18.5 Å². The summed E-state index contributed by atoms with van der Waals surface area (Å²) >= 11 is 0. The number of rotatable bonds is 5. The Labute approximate surface area is 171 Å². The van der Waals surface area contributed by atoms with Gasteiger partial charge in [0.25, 0.3) is 11.8 Å². The number of hydrogen-bond acceptors (Lipinski definition) is 5. The zero-order valence-corrected chi connectivity index (χ0v) is 16.5. The van der Waals surface area contributed by atoms with E-state index in [4.69, 9.17) is 5.26 Å². The predicted molar refractivity (Wildman–Crippen MR) is 104 cm³/mol. The van der Waals surface area contributed by atoms with Crippen molar-refractivity contribution in [3.05, 3.63) is 47.5 Å². The summed E-state index contributed by atoms with van der Waals surface area (Å²) in [5.74, 6) is -4.38. The van der Waals surface area contributed by atoms with E-state index in [1.807, 2.05) is 19.2 Å². The summed E-state index contributed by atoms with van der Waals surface area (Å²) in [4.78, 5) is 29.8. The summed E-state index contributed by atoms with van der Waals surface area (Å²) in [5.41, 5.74) is 2.46. The molecule has 2 amide bonds. The van der Waals surface area contributed by atoms with Gasteiger partial charge in [-0.1, -0.05) is 0 Å². The molecule has 0 aliphatic carbocycles. The van der Waals surface area contributed by atoms with Gasteiger partial charge in [-0.25, -0.2) is 8.78 Å². The summed E-state index contributed by atoms with van der Waals surface area (Å²) < 4.78 is 28.7. The van der Waals surface area contributed by atoms with Crippen molar-refractivity contribution in [1.29, 1.82) is 5.26 Å². The van der Waals surface area contributed by atoms with Crippen LogP contribution in [0.25, 0.3) is 11.6 Å². The second-order valence-corrected chi connectivity index (χ2v) is 7.11. The number of aryl methyl sites for hydroxylation is 1. The van der Waals surface area contributed by atoms with Gasteiger partial charge in [0.1, 0.15) is 6.04 Å². The minimum absolute atomic E-state index is 0.291. The number of pyridine rings is 1. The van der Waals surface area contributed by atoms with Gasteiger partial charge < -0.3 is 10.2 Å². The molecule has 10 heteroatoms. The second-order valence-electron chi connectivity index (χ2n) is 7.11. The number of halogens is 2. The molecule has 2 aromatic heterocycles. The van der Waals surface area contributed by atoms with E-state index in [9.17, 15) is 18.4 Å². The number of carbonyl (C=O) groups is 2. The van der Waals surface area contributed by atoms with E-state index < -0.39 is 43.3 Å². The summed E-state index contributed by atoms with van der Waals surface area (Å²) in [6, 6.07) is 2.02. The molecule has 156 valence electrons. The molecule has 0 aromatic carbocycles. The van der Waals surface area contributed by atoms with Gasteiger partial charge in [0.15, 0.2) is 0 Å². The maximum atomic E-state index is 13.5. The van der Waals surface area contributed by atoms with Crippen LogP contribution in [0, 0.1) is 11.3 Å². The van der Waals surface area contributed by atoms with E-state index in [1.54, 1.807) is 24.0 Å². The molecular formula is C20H20F2N6O2. The van der Waals surface area contributed by atoms with Crippen molar-refractivity contribution in [2.75, 3.05) is 13.1 Å². The van der Waals surface area contributed by atoms with Crippen molar-refractivity contribution >= 4 is 23.5 Å². The summed E-state index contributed by atoms with van der Waals surface area (Å²) in [7, 11) is 1.79. The van der Waals surface area contributed by atoms with Crippen molar-refractivity contribution in [3.8, 4) is 6.07 Å². The Bertz CT molecular complexity index is 1040. The Morgan fingerprint density at radius 1 is 1.40 bits per heavy atom. The van der Waals surface area contributed by atoms with Crippen LogP contribution in [0.2, 0.25) is 0 Å². The molecule has 1 aliphatic rings. The van der Waals surface area contributed by atoms with Gasteiger partial charge in [-0.3, -0.25) is 19.3 Å². The number of nitriles is 1. The smallest absolute Gasteiger partial charge is 0.268 e. The van der Waals surface area contributed by atoms with Crippen LogP contribution in [0.1, 0.15) is 34.8 Å². The highest BCUT2D eigenvalue weighted by Crippen LogP contribution is 2.31.